The minimum atomic E-state index is -1.30. The summed E-state index contributed by atoms with van der Waals surface area (Å²) < 4.78 is 21.9. The molecular formula is C63H57FIrN4OSi-2. The van der Waals surface area contributed by atoms with E-state index in [9.17, 15) is 4.39 Å². The number of fused-ring (bicyclic) bond motifs is 4. The second-order valence-corrected chi connectivity index (χ2v) is 25.5. The maximum absolute atomic E-state index is 12.8. The maximum atomic E-state index is 12.8. The van der Waals surface area contributed by atoms with Crippen LogP contribution in [0.15, 0.2) is 162 Å². The molecule has 357 valence electrons. The predicted molar refractivity (Wildman–Crippen MR) is 290 cm³/mol. The molecule has 11 rings (SSSR count). The number of benzene rings is 7. The number of rotatable bonds is 9. The summed E-state index contributed by atoms with van der Waals surface area (Å²) in [6.07, 6.45) is 5.92. The molecule has 0 unspecified atom stereocenters. The van der Waals surface area contributed by atoms with Crippen LogP contribution in [-0.4, -0.2) is 22.6 Å². The number of nitrogens with zero attached hydrogens (tertiary/aromatic N) is 4. The van der Waals surface area contributed by atoms with E-state index < -0.39 is 13.6 Å². The zero-order chi connectivity index (χ0) is 48.7. The van der Waals surface area contributed by atoms with E-state index in [0.717, 1.165) is 86.9 Å². The van der Waals surface area contributed by atoms with Crippen LogP contribution in [-0.2, 0) is 25.6 Å². The van der Waals surface area contributed by atoms with Crippen molar-refractivity contribution in [3.8, 4) is 50.6 Å². The van der Waals surface area contributed by atoms with E-state index in [0.29, 0.717) is 0 Å². The molecule has 0 N–H and O–H groups in total. The summed E-state index contributed by atoms with van der Waals surface area (Å²) in [5.74, 6) is 1.03. The number of halogens is 1. The van der Waals surface area contributed by atoms with Gasteiger partial charge in [-0.15, -0.1) is 48.0 Å². The van der Waals surface area contributed by atoms with Crippen LogP contribution in [0.3, 0.4) is 0 Å². The van der Waals surface area contributed by atoms with E-state index in [1.807, 2.05) is 18.3 Å². The number of imidazole rings is 1. The van der Waals surface area contributed by atoms with Crippen LogP contribution in [0.1, 0.15) is 81.9 Å². The molecule has 8 heteroatoms. The molecule has 1 saturated carbocycles. The third-order valence-electron chi connectivity index (χ3n) is 14.0. The Morgan fingerprint density at radius 3 is 2.00 bits per heavy atom. The van der Waals surface area contributed by atoms with Crippen molar-refractivity contribution in [2.24, 2.45) is 0 Å². The molecule has 1 aliphatic carbocycles. The van der Waals surface area contributed by atoms with Crippen LogP contribution < -0.4 is 5.19 Å². The summed E-state index contributed by atoms with van der Waals surface area (Å²) in [5, 5.41) is 3.40. The summed E-state index contributed by atoms with van der Waals surface area (Å²) in [6, 6.07) is 58.2. The Labute approximate surface area is 432 Å². The average Bonchev–Trinajstić information content (AvgIpc) is 4.13. The van der Waals surface area contributed by atoms with E-state index in [1.165, 1.54) is 56.4 Å². The van der Waals surface area contributed by atoms with Crippen molar-refractivity contribution >= 4 is 46.2 Å². The van der Waals surface area contributed by atoms with E-state index in [1.54, 1.807) is 6.07 Å². The van der Waals surface area contributed by atoms with Gasteiger partial charge in [-0.3, -0.25) is 9.37 Å². The molecule has 10 aromatic rings. The molecule has 1 aliphatic rings. The molecule has 1 fully saturated rings. The summed E-state index contributed by atoms with van der Waals surface area (Å²) in [7, 11) is -1.30. The zero-order valence-electron chi connectivity index (χ0n) is 41.4. The molecule has 0 aliphatic heterocycles. The van der Waals surface area contributed by atoms with E-state index in [-0.39, 0.29) is 37.8 Å². The standard InChI is InChI=1S/C49H42N3O.C14H15FNSi.Ir/c1-31(2)41-28-36(35-22-20-34(21-23-35)33-14-7-6-8-15-33)29-42(32(3)4)46(41)52-44-19-10-9-18-43(44)51-48(52)40-17-13-16-39-38-25-24-37(30-45(38)53-47(39)40)49(50-5)26-11-12-27-49;1-17(2,3)13-8-9-14(16-10-13)11-4-6-12(15)7-5-11;/h6-10,13-16,18-25,28-32H,11-12,26-27H2,1-4H3;4,6-10H,1-3H3;/q2*-1;. The number of para-hydroxylation sites is 2. The van der Waals surface area contributed by atoms with Gasteiger partial charge >= 0.3 is 0 Å². The van der Waals surface area contributed by atoms with E-state index in [4.69, 9.17) is 16.0 Å². The Balaban J connectivity index is 0.000000294. The van der Waals surface area contributed by atoms with Gasteiger partial charge in [0.25, 0.3) is 5.54 Å². The molecule has 0 saturated heterocycles. The first-order valence-corrected chi connectivity index (χ1v) is 28.0. The fraction of sp³-hybridized carbons (Fsp3) is 0.222. The van der Waals surface area contributed by atoms with Gasteiger partial charge in [0.2, 0.25) is 0 Å². The predicted octanol–water partition coefficient (Wildman–Crippen LogP) is 16.9. The van der Waals surface area contributed by atoms with E-state index in [2.05, 4.69) is 195 Å². The SMILES string of the molecule is C[Si](C)(C)c1ccc(-c2[c-]cc(F)cc2)nc1.[C-]#[N+]C1(c2ccc3c(c2)oc2c(-c4nc5ccccc5n4-c4c(C(C)C)cc(-c5ccc(-c6ccccc6)cc5)cc4C(C)C)[c-]ccc23)CCCC1.[Ir]. The maximum Gasteiger partial charge on any atom is 0.257 e. The van der Waals surface area contributed by atoms with Gasteiger partial charge in [-0.25, -0.2) is 6.57 Å². The Bertz CT molecular complexity index is 3510. The van der Waals surface area contributed by atoms with Gasteiger partial charge in [0.15, 0.2) is 0 Å². The normalized spacial score (nSPS) is 13.4. The molecule has 0 amide bonds. The van der Waals surface area contributed by atoms with E-state index >= 15 is 0 Å². The van der Waals surface area contributed by atoms with Gasteiger partial charge in [0.05, 0.1) is 30.5 Å². The largest absolute Gasteiger partial charge is 0.501 e. The Morgan fingerprint density at radius 2 is 1.38 bits per heavy atom. The minimum Gasteiger partial charge on any atom is -0.501 e. The number of hydrogen-bond donors (Lipinski definition) is 0. The smallest absolute Gasteiger partial charge is 0.257 e. The first-order chi connectivity index (χ1) is 33.8. The zero-order valence-corrected chi connectivity index (χ0v) is 44.8. The van der Waals surface area contributed by atoms with Crippen LogP contribution in [0, 0.1) is 24.5 Å². The van der Waals surface area contributed by atoms with Crippen molar-refractivity contribution < 1.29 is 28.9 Å². The number of hydrogen-bond acceptors (Lipinski definition) is 3. The minimum absolute atomic E-state index is 0. The van der Waals surface area contributed by atoms with Crippen molar-refractivity contribution in [3.63, 3.8) is 0 Å². The van der Waals surface area contributed by atoms with Gasteiger partial charge < -0.3 is 18.8 Å². The number of pyridine rings is 1. The van der Waals surface area contributed by atoms with Crippen LogP contribution in [0.4, 0.5) is 4.39 Å². The molecule has 0 atom stereocenters. The van der Waals surface area contributed by atoms with Gasteiger partial charge in [-0.1, -0.05) is 149 Å². The third-order valence-corrected chi connectivity index (χ3v) is 16.1. The monoisotopic (exact) mass is 1130 g/mol. The van der Waals surface area contributed by atoms with Crippen molar-refractivity contribution in [3.05, 3.63) is 204 Å². The van der Waals surface area contributed by atoms with Crippen molar-refractivity contribution in [1.82, 2.24) is 14.5 Å². The first-order valence-electron chi connectivity index (χ1n) is 24.5. The second-order valence-electron chi connectivity index (χ2n) is 20.4. The average molecular weight is 1130 g/mol. The Kier molecular flexibility index (Phi) is 14.0. The molecule has 3 heterocycles. The molecule has 0 spiro atoms. The molecular weight excluding hydrogens is 1070 g/mol. The summed E-state index contributed by atoms with van der Waals surface area (Å²) >= 11 is 0. The number of furan rings is 1. The molecule has 71 heavy (non-hydrogen) atoms. The summed E-state index contributed by atoms with van der Waals surface area (Å²) in [4.78, 5) is 13.9. The van der Waals surface area contributed by atoms with Crippen LogP contribution in [0.2, 0.25) is 19.6 Å². The Hall–Kier alpha value is -6.75. The van der Waals surface area contributed by atoms with Crippen LogP contribution in [0.25, 0.3) is 88.4 Å². The van der Waals surface area contributed by atoms with Crippen LogP contribution >= 0.6 is 0 Å². The quantitative estimate of drug-likeness (QED) is 0.107. The first kappa shape index (κ1) is 49.2. The van der Waals surface area contributed by atoms with Crippen molar-refractivity contribution in [2.45, 2.75) is 90.4 Å². The van der Waals surface area contributed by atoms with Crippen LogP contribution in [0.5, 0.6) is 0 Å². The third kappa shape index (κ3) is 9.59. The topological polar surface area (TPSA) is 48.2 Å². The van der Waals surface area contributed by atoms with Gasteiger partial charge in [-0.2, -0.15) is 0 Å². The van der Waals surface area contributed by atoms with Crippen molar-refractivity contribution in [2.75, 3.05) is 0 Å². The molecule has 0 bridgehead atoms. The fourth-order valence-electron chi connectivity index (χ4n) is 10.1. The summed E-state index contributed by atoms with van der Waals surface area (Å²) in [6.45, 7) is 24.1. The molecule has 1 radical (unpaired) electrons. The van der Waals surface area contributed by atoms with Gasteiger partial charge in [-0.05, 0) is 99.3 Å². The Morgan fingerprint density at radius 1 is 0.718 bits per heavy atom. The van der Waals surface area contributed by atoms with Crippen molar-refractivity contribution in [1.29, 1.82) is 0 Å². The molecule has 3 aromatic heterocycles. The number of aromatic nitrogens is 3. The molecule has 7 aromatic carbocycles. The summed E-state index contributed by atoms with van der Waals surface area (Å²) in [5.41, 5.74) is 15.2. The van der Waals surface area contributed by atoms with Gasteiger partial charge in [0.1, 0.15) is 5.58 Å². The molecule has 5 nitrogen and oxygen atoms in total. The van der Waals surface area contributed by atoms with Gasteiger partial charge in [0, 0.05) is 61.6 Å². The second kappa shape index (κ2) is 20.2. The fourth-order valence-corrected chi connectivity index (χ4v) is 11.1.